The molecule has 3 aromatic rings. The molecule has 2 heterocycles. The van der Waals surface area contributed by atoms with Gasteiger partial charge >= 0.3 is 6.18 Å². The lowest BCUT2D eigenvalue weighted by molar-refractivity contribution is -0.182. The maximum atomic E-state index is 14.6. The van der Waals surface area contributed by atoms with Crippen molar-refractivity contribution >= 4 is 28.4 Å². The summed E-state index contributed by atoms with van der Waals surface area (Å²) >= 11 is 0. The number of nitrogens with zero attached hydrogens (tertiary/aromatic N) is 3. The second-order valence-electron chi connectivity index (χ2n) is 7.97. The normalized spacial score (nSPS) is 15.3. The topological polar surface area (TPSA) is 66.0 Å². The van der Waals surface area contributed by atoms with Gasteiger partial charge in [0.15, 0.2) is 0 Å². The number of halogens is 4. The Morgan fingerprint density at radius 2 is 2.00 bits per heavy atom. The lowest BCUT2D eigenvalue weighted by atomic mass is 10.0. The number of hydrogen-bond acceptors (Lipinski definition) is 4. The van der Waals surface area contributed by atoms with E-state index < -0.39 is 17.4 Å². The van der Waals surface area contributed by atoms with Crippen molar-refractivity contribution in [1.82, 2.24) is 15.0 Å². The molecule has 9 heteroatoms. The molecule has 0 bridgehead atoms. The van der Waals surface area contributed by atoms with Gasteiger partial charge in [0.25, 0.3) is 0 Å². The van der Waals surface area contributed by atoms with Gasteiger partial charge in [-0.05, 0) is 56.9 Å². The van der Waals surface area contributed by atoms with Crippen LogP contribution < -0.4 is 5.32 Å². The number of anilines is 1. The maximum absolute atomic E-state index is 14.6. The molecule has 4 rings (SSSR count). The number of hydrogen-bond donors (Lipinski definition) is 2. The Hall–Kier alpha value is -2.97. The Morgan fingerprint density at radius 3 is 2.60 bits per heavy atom. The van der Waals surface area contributed by atoms with Crippen molar-refractivity contribution < 1.29 is 17.6 Å². The molecule has 5 nitrogen and oxygen atoms in total. The zero-order chi connectivity index (χ0) is 21.7. The van der Waals surface area contributed by atoms with Gasteiger partial charge in [-0.25, -0.2) is 9.37 Å². The summed E-state index contributed by atoms with van der Waals surface area (Å²) in [6.07, 6.45) is -0.803. The molecule has 0 atom stereocenters. The molecule has 0 saturated heterocycles. The second-order valence-corrected chi connectivity index (χ2v) is 7.97. The van der Waals surface area contributed by atoms with E-state index in [4.69, 9.17) is 0 Å². The molecule has 2 N–H and O–H groups in total. The van der Waals surface area contributed by atoms with E-state index in [9.17, 15) is 17.6 Å². The lowest BCUT2D eigenvalue weighted by Gasteiger charge is -2.19. The monoisotopic (exact) mass is 419 g/mol. The predicted molar refractivity (Wildman–Crippen MR) is 109 cm³/mol. The van der Waals surface area contributed by atoms with E-state index in [1.165, 1.54) is 12.3 Å². The average Bonchev–Trinajstić information content (AvgIpc) is 3.35. The Balaban J connectivity index is 1.61. The van der Waals surface area contributed by atoms with Crippen LogP contribution in [0.2, 0.25) is 0 Å². The molecule has 1 aliphatic carbocycles. The van der Waals surface area contributed by atoms with Gasteiger partial charge in [0, 0.05) is 35.6 Å². The summed E-state index contributed by atoms with van der Waals surface area (Å²) < 4.78 is 53.8. The quantitative estimate of drug-likeness (QED) is 0.397. The SMILES string of the molecule is CC(C)=Nc1c(C)cc(-c2c[nH]c3nc(NCC4(C(F)(F)F)CC4)ncc23)cc1F. The van der Waals surface area contributed by atoms with Crippen molar-refractivity contribution in [3.05, 3.63) is 35.9 Å². The molecule has 1 aliphatic rings. The zero-order valence-corrected chi connectivity index (χ0v) is 16.8. The van der Waals surface area contributed by atoms with Crippen molar-refractivity contribution in [2.45, 2.75) is 39.8 Å². The molecule has 1 fully saturated rings. The highest BCUT2D eigenvalue weighted by Gasteiger charge is 2.62. The van der Waals surface area contributed by atoms with E-state index in [1.807, 2.05) is 6.07 Å². The van der Waals surface area contributed by atoms with E-state index in [1.54, 1.807) is 27.0 Å². The molecular weight excluding hydrogens is 398 g/mol. The summed E-state index contributed by atoms with van der Waals surface area (Å²) in [5.74, 6) is -0.307. The standard InChI is InChI=1S/C21H21F4N5/c1-11(2)29-17-12(3)6-13(7-16(17)22)14-8-26-18-15(14)9-27-19(30-18)28-10-20(4-5-20)21(23,24)25/h6-9H,4-5,10H2,1-3H3,(H2,26,27,28,30). The minimum Gasteiger partial charge on any atom is -0.353 e. The minimum atomic E-state index is -4.24. The summed E-state index contributed by atoms with van der Waals surface area (Å²) in [7, 11) is 0. The van der Waals surface area contributed by atoms with Crippen molar-refractivity contribution in [2.24, 2.45) is 10.4 Å². The van der Waals surface area contributed by atoms with Crippen LogP contribution in [0.4, 0.5) is 29.2 Å². The number of benzene rings is 1. The van der Waals surface area contributed by atoms with Crippen LogP contribution in [0.25, 0.3) is 22.2 Å². The van der Waals surface area contributed by atoms with Crippen LogP contribution in [0.3, 0.4) is 0 Å². The summed E-state index contributed by atoms with van der Waals surface area (Å²) in [4.78, 5) is 15.7. The summed E-state index contributed by atoms with van der Waals surface area (Å²) in [6.45, 7) is 5.14. The van der Waals surface area contributed by atoms with Crippen LogP contribution in [0.15, 0.2) is 29.5 Å². The number of aliphatic imine (C=N–C) groups is 1. The molecular formula is C21H21F4N5. The van der Waals surface area contributed by atoms with Gasteiger partial charge in [-0.2, -0.15) is 18.2 Å². The Bertz CT molecular complexity index is 1110. The average molecular weight is 419 g/mol. The first-order valence-electron chi connectivity index (χ1n) is 9.57. The molecule has 0 radical (unpaired) electrons. The van der Waals surface area contributed by atoms with Gasteiger partial charge in [-0.3, -0.25) is 4.99 Å². The molecule has 30 heavy (non-hydrogen) atoms. The Kier molecular flexibility index (Phi) is 4.79. The van der Waals surface area contributed by atoms with Crippen molar-refractivity contribution in [1.29, 1.82) is 0 Å². The zero-order valence-electron chi connectivity index (χ0n) is 16.8. The van der Waals surface area contributed by atoms with E-state index in [0.717, 1.165) is 5.71 Å². The fourth-order valence-electron chi connectivity index (χ4n) is 3.45. The van der Waals surface area contributed by atoms with E-state index >= 15 is 0 Å². The van der Waals surface area contributed by atoms with E-state index in [-0.39, 0.29) is 25.3 Å². The van der Waals surface area contributed by atoms with E-state index in [2.05, 4.69) is 25.3 Å². The van der Waals surface area contributed by atoms with Crippen molar-refractivity contribution in [3.63, 3.8) is 0 Å². The largest absolute Gasteiger partial charge is 0.396 e. The third-order valence-electron chi connectivity index (χ3n) is 5.37. The van der Waals surface area contributed by atoms with Crippen molar-refractivity contribution in [3.8, 4) is 11.1 Å². The Labute approximate surface area is 170 Å². The first-order chi connectivity index (χ1) is 14.1. The second kappa shape index (κ2) is 7.07. The highest BCUT2D eigenvalue weighted by Crippen LogP contribution is 2.57. The number of rotatable bonds is 5. The number of aromatic amines is 1. The number of nitrogens with one attached hydrogen (secondary N) is 2. The number of aromatic nitrogens is 3. The summed E-state index contributed by atoms with van der Waals surface area (Å²) in [5, 5.41) is 3.35. The minimum absolute atomic E-state index is 0.112. The lowest BCUT2D eigenvalue weighted by Crippen LogP contribution is -2.31. The van der Waals surface area contributed by atoms with Gasteiger partial charge in [0.05, 0.1) is 5.41 Å². The van der Waals surface area contributed by atoms with Gasteiger partial charge in [0.1, 0.15) is 17.2 Å². The molecule has 2 aromatic heterocycles. The van der Waals surface area contributed by atoms with Gasteiger partial charge in [-0.1, -0.05) is 0 Å². The van der Waals surface area contributed by atoms with Gasteiger partial charge < -0.3 is 10.3 Å². The number of alkyl halides is 3. The third kappa shape index (κ3) is 3.64. The fraction of sp³-hybridized carbons (Fsp3) is 0.381. The summed E-state index contributed by atoms with van der Waals surface area (Å²) in [6, 6.07) is 3.24. The Morgan fingerprint density at radius 1 is 1.27 bits per heavy atom. The third-order valence-corrected chi connectivity index (χ3v) is 5.37. The first kappa shape index (κ1) is 20.3. The number of aryl methyl sites for hydroxylation is 1. The van der Waals surface area contributed by atoms with Crippen LogP contribution >= 0.6 is 0 Å². The number of fused-ring (bicyclic) bond motifs is 1. The molecule has 0 spiro atoms. The predicted octanol–water partition coefficient (Wildman–Crippen LogP) is 5.94. The van der Waals surface area contributed by atoms with Gasteiger partial charge in [0.2, 0.25) is 5.95 Å². The molecule has 0 aliphatic heterocycles. The fourth-order valence-corrected chi connectivity index (χ4v) is 3.45. The van der Waals surface area contributed by atoms with E-state index in [0.29, 0.717) is 33.4 Å². The highest BCUT2D eigenvalue weighted by atomic mass is 19.4. The highest BCUT2D eigenvalue weighted by molar-refractivity contribution is 5.94. The van der Waals surface area contributed by atoms with Gasteiger partial charge in [-0.15, -0.1) is 0 Å². The molecule has 0 amide bonds. The molecule has 0 unspecified atom stereocenters. The molecule has 1 saturated carbocycles. The molecule has 158 valence electrons. The van der Waals surface area contributed by atoms with Crippen LogP contribution in [0.5, 0.6) is 0 Å². The van der Waals surface area contributed by atoms with Crippen LogP contribution in [0, 0.1) is 18.2 Å². The smallest absolute Gasteiger partial charge is 0.353 e. The van der Waals surface area contributed by atoms with Crippen LogP contribution in [-0.4, -0.2) is 33.4 Å². The number of H-pyrrole nitrogens is 1. The van der Waals surface area contributed by atoms with Crippen LogP contribution in [0.1, 0.15) is 32.3 Å². The summed E-state index contributed by atoms with van der Waals surface area (Å²) in [5.41, 5.74) is 1.88. The maximum Gasteiger partial charge on any atom is 0.396 e. The van der Waals surface area contributed by atoms with Crippen molar-refractivity contribution in [2.75, 3.05) is 11.9 Å². The van der Waals surface area contributed by atoms with Crippen LogP contribution in [-0.2, 0) is 0 Å². The first-order valence-corrected chi connectivity index (χ1v) is 9.57. The molecule has 1 aromatic carbocycles.